The van der Waals surface area contributed by atoms with E-state index in [2.05, 4.69) is 32.3 Å². The second kappa shape index (κ2) is 12.0. The number of nitrogens with one attached hydrogen (secondary N) is 1. The van der Waals surface area contributed by atoms with Gasteiger partial charge in [-0.15, -0.1) is 11.3 Å². The van der Waals surface area contributed by atoms with Gasteiger partial charge in [-0.2, -0.15) is 5.26 Å². The van der Waals surface area contributed by atoms with E-state index in [0.717, 1.165) is 9.86 Å². The number of hydrogen-bond donors (Lipinski definition) is 1. The van der Waals surface area contributed by atoms with E-state index in [1.165, 1.54) is 18.4 Å². The molecule has 0 aliphatic carbocycles. The summed E-state index contributed by atoms with van der Waals surface area (Å²) in [5.41, 5.74) is 2.35. The molecule has 198 valence electrons. The number of rotatable bonds is 8. The van der Waals surface area contributed by atoms with E-state index in [1.54, 1.807) is 60.0 Å². The van der Waals surface area contributed by atoms with Crippen molar-refractivity contribution in [3.05, 3.63) is 104 Å². The lowest BCUT2D eigenvalue weighted by Crippen LogP contribution is -2.20. The molecule has 0 aliphatic rings. The SMILES string of the molecule is COc1cc(/C=C(\C#N)c2nc(-c3cc4cc(Br)ccc4oc3=O)cs2)ccc1OCC(=O)Nc1ccccc1. The summed E-state index contributed by atoms with van der Waals surface area (Å²) in [7, 11) is 1.49. The van der Waals surface area contributed by atoms with Gasteiger partial charge in [0.05, 0.1) is 23.9 Å². The highest BCUT2D eigenvalue weighted by molar-refractivity contribution is 9.10. The average Bonchev–Trinajstić information content (AvgIpc) is 3.45. The molecule has 1 amide bonds. The Morgan fingerprint density at radius 3 is 2.73 bits per heavy atom. The highest BCUT2D eigenvalue weighted by Crippen LogP contribution is 2.32. The van der Waals surface area contributed by atoms with E-state index in [0.29, 0.717) is 50.2 Å². The van der Waals surface area contributed by atoms with Crippen LogP contribution in [0, 0.1) is 11.3 Å². The van der Waals surface area contributed by atoms with Gasteiger partial charge in [-0.3, -0.25) is 4.79 Å². The lowest BCUT2D eigenvalue weighted by molar-refractivity contribution is -0.118. The number of methoxy groups -OCH3 is 1. The van der Waals surface area contributed by atoms with Crippen molar-refractivity contribution < 1.29 is 18.7 Å². The molecule has 40 heavy (non-hydrogen) atoms. The van der Waals surface area contributed by atoms with Gasteiger partial charge in [-0.25, -0.2) is 9.78 Å². The first-order chi connectivity index (χ1) is 19.4. The van der Waals surface area contributed by atoms with Gasteiger partial charge in [0.2, 0.25) is 0 Å². The Bertz CT molecular complexity index is 1840. The molecule has 0 bridgehead atoms. The third-order valence-electron chi connectivity index (χ3n) is 5.74. The van der Waals surface area contributed by atoms with E-state index < -0.39 is 5.63 Å². The fraction of sp³-hybridized carbons (Fsp3) is 0.0667. The fourth-order valence-electron chi connectivity index (χ4n) is 3.86. The summed E-state index contributed by atoms with van der Waals surface area (Å²) in [6, 6.07) is 23.5. The van der Waals surface area contributed by atoms with Crippen molar-refractivity contribution in [2.45, 2.75) is 0 Å². The number of thiazole rings is 1. The molecule has 0 unspecified atom stereocenters. The zero-order valence-corrected chi connectivity index (χ0v) is 23.4. The van der Waals surface area contributed by atoms with Crippen molar-refractivity contribution in [2.24, 2.45) is 0 Å². The Labute approximate surface area is 241 Å². The van der Waals surface area contributed by atoms with Crippen LogP contribution in [0.2, 0.25) is 0 Å². The first-order valence-electron chi connectivity index (χ1n) is 11.9. The molecular formula is C30H20BrN3O5S. The predicted molar refractivity (Wildman–Crippen MR) is 158 cm³/mol. The summed E-state index contributed by atoms with van der Waals surface area (Å²) in [4.78, 5) is 29.4. The van der Waals surface area contributed by atoms with Crippen LogP contribution in [0.3, 0.4) is 0 Å². The molecule has 0 fully saturated rings. The maximum Gasteiger partial charge on any atom is 0.345 e. The summed E-state index contributed by atoms with van der Waals surface area (Å²) in [6.07, 6.45) is 1.66. The van der Waals surface area contributed by atoms with E-state index in [9.17, 15) is 14.9 Å². The Kier molecular flexibility index (Phi) is 8.05. The number of nitriles is 1. The van der Waals surface area contributed by atoms with E-state index in [4.69, 9.17) is 13.9 Å². The topological polar surface area (TPSA) is 114 Å². The van der Waals surface area contributed by atoms with Crippen LogP contribution in [0.1, 0.15) is 10.6 Å². The van der Waals surface area contributed by atoms with Crippen LogP contribution in [0.5, 0.6) is 11.5 Å². The molecule has 0 aliphatic heterocycles. The van der Waals surface area contributed by atoms with Gasteiger partial charge in [0.15, 0.2) is 18.1 Å². The Morgan fingerprint density at radius 1 is 1.12 bits per heavy atom. The predicted octanol–water partition coefficient (Wildman–Crippen LogP) is 6.77. The molecule has 2 aromatic heterocycles. The third-order valence-corrected chi connectivity index (χ3v) is 7.11. The molecule has 3 aromatic carbocycles. The maximum absolute atomic E-state index is 12.6. The number of hydrogen-bond acceptors (Lipinski definition) is 8. The van der Waals surface area contributed by atoms with E-state index in [1.807, 2.05) is 24.3 Å². The number of benzene rings is 3. The van der Waals surface area contributed by atoms with Gasteiger partial charge in [-0.1, -0.05) is 40.2 Å². The number of carbonyl (C=O) groups excluding carboxylic acids is 1. The van der Waals surface area contributed by atoms with Crippen molar-refractivity contribution in [1.29, 1.82) is 5.26 Å². The molecule has 5 aromatic rings. The van der Waals surface area contributed by atoms with Crippen molar-refractivity contribution in [2.75, 3.05) is 19.0 Å². The van der Waals surface area contributed by atoms with Gasteiger partial charge in [0.1, 0.15) is 16.7 Å². The number of halogens is 1. The molecule has 0 spiro atoms. The Balaban J connectivity index is 1.34. The number of anilines is 1. The minimum Gasteiger partial charge on any atom is -0.493 e. The van der Waals surface area contributed by atoms with Crippen LogP contribution in [0.15, 0.2) is 91.9 Å². The van der Waals surface area contributed by atoms with Crippen LogP contribution in [0.25, 0.3) is 33.9 Å². The highest BCUT2D eigenvalue weighted by Gasteiger charge is 2.15. The van der Waals surface area contributed by atoms with Gasteiger partial charge in [0.25, 0.3) is 5.91 Å². The largest absolute Gasteiger partial charge is 0.493 e. The molecule has 10 heteroatoms. The quantitative estimate of drug-likeness (QED) is 0.152. The number of allylic oxidation sites excluding steroid dienone is 1. The molecule has 5 rings (SSSR count). The summed E-state index contributed by atoms with van der Waals surface area (Å²) in [6.45, 7) is -0.203. The summed E-state index contributed by atoms with van der Waals surface area (Å²) >= 11 is 4.67. The standard InChI is InChI=1S/C30H20BrN3O5S/c1-37-27-12-18(7-9-26(27)38-16-28(35)33-22-5-3-2-4-6-22)11-20(15-32)29-34-24(17-40-29)23-14-19-13-21(31)8-10-25(19)39-30(23)36/h2-14,17H,16H2,1H3,(H,33,35)/b20-11+. The van der Waals surface area contributed by atoms with Crippen LogP contribution in [-0.2, 0) is 4.79 Å². The molecule has 0 saturated carbocycles. The number of aromatic nitrogens is 1. The lowest BCUT2D eigenvalue weighted by atomic mass is 10.1. The van der Waals surface area contributed by atoms with Crippen molar-refractivity contribution in [1.82, 2.24) is 4.98 Å². The van der Waals surface area contributed by atoms with Gasteiger partial charge in [-0.05, 0) is 60.2 Å². The summed E-state index contributed by atoms with van der Waals surface area (Å²) in [5, 5.41) is 15.5. The van der Waals surface area contributed by atoms with E-state index >= 15 is 0 Å². The number of para-hydroxylation sites is 1. The van der Waals surface area contributed by atoms with Crippen LogP contribution in [0.4, 0.5) is 5.69 Å². The molecule has 0 radical (unpaired) electrons. The number of nitrogens with zero attached hydrogens (tertiary/aromatic N) is 2. The Hall–Kier alpha value is -4.72. The van der Waals surface area contributed by atoms with Gasteiger partial charge in [0, 0.05) is 20.9 Å². The van der Waals surface area contributed by atoms with Gasteiger partial charge >= 0.3 is 5.63 Å². The zero-order chi connectivity index (χ0) is 28.1. The Morgan fingerprint density at radius 2 is 1.95 bits per heavy atom. The molecule has 8 nitrogen and oxygen atoms in total. The second-order valence-corrected chi connectivity index (χ2v) is 10.2. The van der Waals surface area contributed by atoms with Crippen LogP contribution in [-0.4, -0.2) is 24.6 Å². The second-order valence-electron chi connectivity index (χ2n) is 8.45. The number of fused-ring (bicyclic) bond motifs is 1. The normalized spacial score (nSPS) is 11.2. The van der Waals surface area contributed by atoms with E-state index in [-0.39, 0.29) is 12.5 Å². The van der Waals surface area contributed by atoms with Crippen molar-refractivity contribution >= 4 is 61.5 Å². The number of amides is 1. The summed E-state index contributed by atoms with van der Waals surface area (Å²) < 4.78 is 17.4. The molecule has 0 atom stereocenters. The lowest BCUT2D eigenvalue weighted by Gasteiger charge is -2.11. The molecule has 2 heterocycles. The smallest absolute Gasteiger partial charge is 0.345 e. The fourth-order valence-corrected chi connectivity index (χ4v) is 5.02. The van der Waals surface area contributed by atoms with Gasteiger partial charge < -0.3 is 19.2 Å². The number of ether oxygens (including phenoxy) is 2. The van der Waals surface area contributed by atoms with Crippen LogP contribution < -0.4 is 20.4 Å². The summed E-state index contributed by atoms with van der Waals surface area (Å²) in [5.74, 6) is 0.475. The average molecular weight is 614 g/mol. The van der Waals surface area contributed by atoms with Crippen molar-refractivity contribution in [3.63, 3.8) is 0 Å². The minimum atomic E-state index is -0.507. The highest BCUT2D eigenvalue weighted by atomic mass is 79.9. The first kappa shape index (κ1) is 26.9. The molecule has 0 saturated heterocycles. The third kappa shape index (κ3) is 6.12. The maximum atomic E-state index is 12.6. The monoisotopic (exact) mass is 613 g/mol. The number of carbonyl (C=O) groups is 1. The minimum absolute atomic E-state index is 0.203. The van der Waals surface area contributed by atoms with Crippen LogP contribution >= 0.6 is 27.3 Å². The molecule has 1 N–H and O–H groups in total. The first-order valence-corrected chi connectivity index (χ1v) is 13.6. The molecular weight excluding hydrogens is 594 g/mol. The zero-order valence-electron chi connectivity index (χ0n) is 21.0. The van der Waals surface area contributed by atoms with Crippen molar-refractivity contribution in [3.8, 4) is 28.8 Å².